The summed E-state index contributed by atoms with van der Waals surface area (Å²) in [6, 6.07) is 10.8. The summed E-state index contributed by atoms with van der Waals surface area (Å²) in [4.78, 5) is 25.3. The van der Waals surface area contributed by atoms with Gasteiger partial charge in [0.1, 0.15) is 17.3 Å². The van der Waals surface area contributed by atoms with Gasteiger partial charge in [0, 0.05) is 25.5 Å². The molecule has 3 aromatic rings. The zero-order chi connectivity index (χ0) is 27.1. The van der Waals surface area contributed by atoms with Gasteiger partial charge < -0.3 is 25.4 Å². The van der Waals surface area contributed by atoms with Crippen LogP contribution in [0.2, 0.25) is 0 Å². The Balaban J connectivity index is 1.76. The lowest BCUT2D eigenvalue weighted by atomic mass is 9.95. The van der Waals surface area contributed by atoms with Crippen LogP contribution in [0.3, 0.4) is 0 Å². The Kier molecular flexibility index (Phi) is 9.26. The molecule has 10 nitrogen and oxygen atoms in total. The number of hydrogen-bond donors (Lipinski definition) is 5. The van der Waals surface area contributed by atoms with Crippen molar-refractivity contribution < 1.29 is 29.5 Å². The number of nitrogens with two attached hydrogens (primary N) is 1. The van der Waals surface area contributed by atoms with Gasteiger partial charge in [-0.1, -0.05) is 43.3 Å². The Labute approximate surface area is 215 Å². The van der Waals surface area contributed by atoms with Crippen LogP contribution < -0.4 is 11.2 Å². The third kappa shape index (κ3) is 7.08. The number of nitrogens with one attached hydrogen (secondary N) is 1. The van der Waals surface area contributed by atoms with Crippen molar-refractivity contribution in [2.75, 3.05) is 13.6 Å². The summed E-state index contributed by atoms with van der Waals surface area (Å²) >= 11 is 0. The number of primary amides is 1. The predicted molar refractivity (Wildman–Crippen MR) is 137 cm³/mol. The fraction of sp³-hybridized carbons (Fsp3) is 0.370. The maximum Gasteiger partial charge on any atom is 0.271 e. The number of phenols is 2. The second-order valence-electron chi connectivity index (χ2n) is 9.46. The van der Waals surface area contributed by atoms with Crippen LogP contribution in [0.4, 0.5) is 0 Å². The van der Waals surface area contributed by atoms with Crippen molar-refractivity contribution in [1.82, 2.24) is 15.5 Å². The Hall–Kier alpha value is -3.89. The van der Waals surface area contributed by atoms with E-state index in [1.807, 2.05) is 45.2 Å². The van der Waals surface area contributed by atoms with Crippen LogP contribution in [0.25, 0.3) is 11.1 Å². The molecule has 198 valence electrons. The quantitative estimate of drug-likeness (QED) is 0.183. The van der Waals surface area contributed by atoms with Crippen LogP contribution >= 0.6 is 0 Å². The molecule has 3 rings (SSSR count). The largest absolute Gasteiger partial charge is 0.508 e. The Bertz CT molecular complexity index is 1240. The molecule has 2 amide bonds. The highest BCUT2D eigenvalue weighted by molar-refractivity contribution is 5.98. The SMILES string of the molecule is CC(C)c1cc(CCc2onc(C(N)=O)c2-c2ccc(CN(C)CCCC(=O)NO)cc2)c(O)cc1O. The van der Waals surface area contributed by atoms with Crippen molar-refractivity contribution in [2.45, 2.75) is 52.0 Å². The highest BCUT2D eigenvalue weighted by Gasteiger charge is 2.22. The smallest absolute Gasteiger partial charge is 0.271 e. The normalized spacial score (nSPS) is 11.3. The van der Waals surface area contributed by atoms with Gasteiger partial charge in [0.05, 0.1) is 5.56 Å². The highest BCUT2D eigenvalue weighted by Crippen LogP contribution is 2.34. The van der Waals surface area contributed by atoms with Gasteiger partial charge in [-0.3, -0.25) is 14.8 Å². The minimum absolute atomic E-state index is 0.0106. The van der Waals surface area contributed by atoms with E-state index in [1.165, 1.54) is 6.07 Å². The van der Waals surface area contributed by atoms with Gasteiger partial charge in [-0.2, -0.15) is 0 Å². The monoisotopic (exact) mass is 510 g/mol. The van der Waals surface area contributed by atoms with Crippen LogP contribution in [0, 0.1) is 0 Å². The van der Waals surface area contributed by atoms with E-state index in [4.69, 9.17) is 15.5 Å². The molecule has 6 N–H and O–H groups in total. The summed E-state index contributed by atoms with van der Waals surface area (Å²) in [6.45, 7) is 5.25. The summed E-state index contributed by atoms with van der Waals surface area (Å²) < 4.78 is 5.50. The van der Waals surface area contributed by atoms with Crippen molar-refractivity contribution >= 4 is 11.8 Å². The molecule has 0 aliphatic rings. The summed E-state index contributed by atoms with van der Waals surface area (Å²) in [5.74, 6) is -0.514. The number of hydroxylamine groups is 1. The van der Waals surface area contributed by atoms with Gasteiger partial charge in [-0.05, 0) is 60.7 Å². The number of phenolic OH excluding ortho intramolecular Hbond substituents is 2. The molecule has 0 atom stereocenters. The maximum atomic E-state index is 12.1. The molecule has 37 heavy (non-hydrogen) atoms. The van der Waals surface area contributed by atoms with E-state index in [1.54, 1.807) is 11.5 Å². The molecule has 0 bridgehead atoms. The van der Waals surface area contributed by atoms with Crippen LogP contribution in [-0.4, -0.2) is 50.9 Å². The lowest BCUT2D eigenvalue weighted by Crippen LogP contribution is -2.23. The van der Waals surface area contributed by atoms with E-state index < -0.39 is 11.8 Å². The lowest BCUT2D eigenvalue weighted by Gasteiger charge is -2.16. The minimum atomic E-state index is -0.699. The van der Waals surface area contributed by atoms with E-state index >= 15 is 0 Å². The zero-order valence-electron chi connectivity index (χ0n) is 21.3. The van der Waals surface area contributed by atoms with Gasteiger partial charge >= 0.3 is 0 Å². The lowest BCUT2D eigenvalue weighted by molar-refractivity contribution is -0.129. The molecule has 0 saturated heterocycles. The molecule has 0 spiro atoms. The molecule has 2 aromatic carbocycles. The Morgan fingerprint density at radius 1 is 1.11 bits per heavy atom. The van der Waals surface area contributed by atoms with Gasteiger partial charge in [-0.25, -0.2) is 5.48 Å². The number of aryl methyl sites for hydroxylation is 2. The first-order valence-electron chi connectivity index (χ1n) is 12.1. The van der Waals surface area contributed by atoms with Crippen molar-refractivity contribution in [1.29, 1.82) is 0 Å². The molecule has 0 aliphatic heterocycles. The zero-order valence-corrected chi connectivity index (χ0v) is 21.3. The van der Waals surface area contributed by atoms with E-state index in [9.17, 15) is 19.8 Å². The van der Waals surface area contributed by atoms with Gasteiger partial charge in [0.25, 0.3) is 5.91 Å². The van der Waals surface area contributed by atoms with Gasteiger partial charge in [0.15, 0.2) is 5.69 Å². The first kappa shape index (κ1) is 27.7. The first-order chi connectivity index (χ1) is 17.6. The molecule has 1 aromatic heterocycles. The number of carbonyl (C=O) groups is 2. The minimum Gasteiger partial charge on any atom is -0.508 e. The average Bonchev–Trinajstić information content (AvgIpc) is 3.28. The summed E-state index contributed by atoms with van der Waals surface area (Å²) in [6.07, 6.45) is 1.62. The molecule has 1 heterocycles. The van der Waals surface area contributed by atoms with Crippen molar-refractivity contribution in [3.05, 3.63) is 64.5 Å². The van der Waals surface area contributed by atoms with E-state index in [0.717, 1.165) is 16.7 Å². The first-order valence-corrected chi connectivity index (χ1v) is 12.1. The van der Waals surface area contributed by atoms with Gasteiger partial charge in [0.2, 0.25) is 5.91 Å². The third-order valence-corrected chi connectivity index (χ3v) is 6.23. The summed E-state index contributed by atoms with van der Waals surface area (Å²) in [5.41, 5.74) is 10.9. The van der Waals surface area contributed by atoms with Crippen LogP contribution in [0.15, 0.2) is 40.9 Å². The molecule has 10 heteroatoms. The van der Waals surface area contributed by atoms with E-state index in [2.05, 4.69) is 10.1 Å². The Morgan fingerprint density at radius 2 is 1.81 bits per heavy atom. The molecule has 0 saturated carbocycles. The van der Waals surface area contributed by atoms with Crippen LogP contribution in [0.1, 0.15) is 65.5 Å². The van der Waals surface area contributed by atoms with Crippen molar-refractivity contribution in [3.8, 4) is 22.6 Å². The topological polar surface area (TPSA) is 162 Å². The maximum absolute atomic E-state index is 12.1. The second kappa shape index (κ2) is 12.4. The molecular weight excluding hydrogens is 476 g/mol. The van der Waals surface area contributed by atoms with Crippen LogP contribution in [0.5, 0.6) is 11.5 Å². The number of rotatable bonds is 12. The van der Waals surface area contributed by atoms with Crippen LogP contribution in [-0.2, 0) is 24.2 Å². The summed E-state index contributed by atoms with van der Waals surface area (Å²) in [5, 5.41) is 32.9. The molecule has 0 fully saturated rings. The standard InChI is InChI=1S/C27H34N4O6/c1-16(2)20-13-19(21(32)14-22(20)33)10-11-23-25(26(27(28)35)30-37-23)18-8-6-17(7-9-18)15-31(3)12-4-5-24(34)29-36/h6-9,13-14,16,32-33,36H,4-5,10-12,15H2,1-3H3,(H2,28,35)(H,29,34). The number of amides is 2. The number of benzene rings is 2. The van der Waals surface area contributed by atoms with E-state index in [0.29, 0.717) is 49.2 Å². The number of nitrogens with zero attached hydrogens (tertiary/aromatic N) is 2. The van der Waals surface area contributed by atoms with Gasteiger partial charge in [-0.15, -0.1) is 0 Å². The summed E-state index contributed by atoms with van der Waals surface area (Å²) in [7, 11) is 1.94. The van der Waals surface area contributed by atoms with Crippen molar-refractivity contribution in [3.63, 3.8) is 0 Å². The van der Waals surface area contributed by atoms with E-state index in [-0.39, 0.29) is 29.5 Å². The molecule has 0 radical (unpaired) electrons. The third-order valence-electron chi connectivity index (χ3n) is 6.23. The molecule has 0 aliphatic carbocycles. The molecular formula is C27H34N4O6. The second-order valence-corrected chi connectivity index (χ2v) is 9.46. The van der Waals surface area contributed by atoms with Crippen molar-refractivity contribution in [2.24, 2.45) is 5.73 Å². The molecule has 0 unspecified atom stereocenters. The highest BCUT2D eigenvalue weighted by atomic mass is 16.5. The fourth-order valence-corrected chi connectivity index (χ4v) is 4.25. The average molecular weight is 511 g/mol. The number of carbonyl (C=O) groups excluding carboxylic acids is 2. The number of aromatic nitrogens is 1. The Morgan fingerprint density at radius 3 is 2.43 bits per heavy atom. The number of aromatic hydroxyl groups is 2. The fourth-order valence-electron chi connectivity index (χ4n) is 4.25. The number of hydrogen-bond acceptors (Lipinski definition) is 8. The predicted octanol–water partition coefficient (Wildman–Crippen LogP) is 3.48.